The minimum Gasteiger partial charge on any atom is -0.157 e. The van der Waals surface area contributed by atoms with Gasteiger partial charge >= 0.3 is 0 Å². The quantitative estimate of drug-likeness (QED) is 0.200. The van der Waals surface area contributed by atoms with Crippen molar-refractivity contribution < 1.29 is 0 Å². The SMILES string of the molecule is [CH2]CCCCCCCCCCCCCCCC[CH]SCCCC. The molecule has 0 aliphatic carbocycles. The molecule has 2 radical (unpaired) electrons. The molecule has 0 aliphatic heterocycles. The topological polar surface area (TPSA) is 0 Å². The summed E-state index contributed by atoms with van der Waals surface area (Å²) in [4.78, 5) is 0. The average molecular weight is 341 g/mol. The van der Waals surface area contributed by atoms with Crippen LogP contribution in [0.25, 0.3) is 0 Å². The predicted octanol–water partition coefficient (Wildman–Crippen LogP) is 8.76. The first-order valence-corrected chi connectivity index (χ1v) is 11.7. The Kier molecular flexibility index (Phi) is 22.7. The Morgan fingerprint density at radius 2 is 1.04 bits per heavy atom. The van der Waals surface area contributed by atoms with Crippen LogP contribution in [0.5, 0.6) is 0 Å². The van der Waals surface area contributed by atoms with Crippen molar-refractivity contribution in [2.75, 3.05) is 5.75 Å². The van der Waals surface area contributed by atoms with Crippen LogP contribution < -0.4 is 0 Å². The summed E-state index contributed by atoms with van der Waals surface area (Å²) in [5.74, 6) is 3.77. The summed E-state index contributed by atoms with van der Waals surface area (Å²) >= 11 is 2.04. The lowest BCUT2D eigenvalue weighted by atomic mass is 10.0. The highest BCUT2D eigenvalue weighted by atomic mass is 32.2. The van der Waals surface area contributed by atoms with Gasteiger partial charge in [0, 0.05) is 5.75 Å². The highest BCUT2D eigenvalue weighted by molar-refractivity contribution is 8.01. The van der Waals surface area contributed by atoms with Crippen LogP contribution in [-0.4, -0.2) is 5.75 Å². The van der Waals surface area contributed by atoms with Crippen molar-refractivity contribution in [2.24, 2.45) is 0 Å². The van der Waals surface area contributed by atoms with Gasteiger partial charge in [0.25, 0.3) is 0 Å². The Morgan fingerprint density at radius 1 is 0.609 bits per heavy atom. The monoisotopic (exact) mass is 340 g/mol. The molecule has 138 valence electrons. The van der Waals surface area contributed by atoms with Crippen molar-refractivity contribution in [1.29, 1.82) is 0 Å². The third-order valence-corrected chi connectivity index (χ3v) is 5.55. The van der Waals surface area contributed by atoms with Crippen molar-refractivity contribution in [3.63, 3.8) is 0 Å². The highest BCUT2D eigenvalue weighted by Gasteiger charge is 1.95. The summed E-state index contributed by atoms with van der Waals surface area (Å²) in [5, 5.41) is 0. The molecule has 0 N–H and O–H groups in total. The molecule has 0 aromatic rings. The Balaban J connectivity index is 2.92. The Bertz CT molecular complexity index is 170. The van der Waals surface area contributed by atoms with Gasteiger partial charge in [0.1, 0.15) is 0 Å². The van der Waals surface area contributed by atoms with E-state index in [0.717, 1.165) is 6.42 Å². The molecule has 0 saturated heterocycles. The Hall–Kier alpha value is 0.350. The smallest absolute Gasteiger partial charge is 0.0166 e. The highest BCUT2D eigenvalue weighted by Crippen LogP contribution is 2.16. The van der Waals surface area contributed by atoms with E-state index in [4.69, 9.17) is 0 Å². The molecule has 0 bridgehead atoms. The first-order valence-electron chi connectivity index (χ1n) is 10.6. The maximum Gasteiger partial charge on any atom is 0.0166 e. The third-order valence-electron chi connectivity index (χ3n) is 4.56. The zero-order chi connectivity index (χ0) is 16.8. The molecule has 0 amide bonds. The molecule has 0 aromatic carbocycles. The molecule has 0 nitrogen and oxygen atoms in total. The number of unbranched alkanes of at least 4 members (excludes halogenated alkanes) is 16. The number of hydrogen-bond donors (Lipinski definition) is 0. The zero-order valence-electron chi connectivity index (χ0n) is 16.1. The van der Waals surface area contributed by atoms with Crippen LogP contribution in [0.3, 0.4) is 0 Å². The molecule has 23 heavy (non-hydrogen) atoms. The van der Waals surface area contributed by atoms with E-state index < -0.39 is 0 Å². The first kappa shape index (κ1) is 23.4. The van der Waals surface area contributed by atoms with Gasteiger partial charge in [0.15, 0.2) is 0 Å². The van der Waals surface area contributed by atoms with Crippen LogP contribution in [-0.2, 0) is 0 Å². The van der Waals surface area contributed by atoms with Gasteiger partial charge in [0.05, 0.1) is 0 Å². The summed E-state index contributed by atoms with van der Waals surface area (Å²) in [6.07, 6.45) is 25.4. The standard InChI is InChI=1S/C22H44S/c1-3-5-7-8-9-10-11-12-13-14-15-16-17-18-19-20-22-23-21-6-4-2/h22H,1,3-21H2,2H3. The van der Waals surface area contributed by atoms with E-state index in [-0.39, 0.29) is 0 Å². The summed E-state index contributed by atoms with van der Waals surface area (Å²) < 4.78 is 0. The maximum absolute atomic E-state index is 3.90. The first-order chi connectivity index (χ1) is 11.4. The molecule has 0 spiro atoms. The lowest BCUT2D eigenvalue weighted by Crippen LogP contribution is -1.84. The van der Waals surface area contributed by atoms with Gasteiger partial charge in [-0.2, -0.15) is 11.8 Å². The molecular formula is C22H44S. The molecule has 0 rings (SSSR count). The molecule has 0 aliphatic rings. The van der Waals surface area contributed by atoms with Crippen molar-refractivity contribution in [1.82, 2.24) is 0 Å². The van der Waals surface area contributed by atoms with Gasteiger partial charge in [0.2, 0.25) is 0 Å². The number of rotatable bonds is 20. The molecule has 0 fully saturated rings. The van der Waals surface area contributed by atoms with Crippen LogP contribution >= 0.6 is 11.8 Å². The van der Waals surface area contributed by atoms with Gasteiger partial charge in [-0.05, 0) is 18.6 Å². The molecule has 0 atom stereocenters. The summed E-state index contributed by atoms with van der Waals surface area (Å²) in [6, 6.07) is 0. The molecule has 0 heterocycles. The summed E-state index contributed by atoms with van der Waals surface area (Å²) in [6.45, 7) is 6.17. The van der Waals surface area contributed by atoms with Crippen LogP contribution in [0, 0.1) is 12.7 Å². The third kappa shape index (κ3) is 22.4. The van der Waals surface area contributed by atoms with Crippen LogP contribution in [0.2, 0.25) is 0 Å². The normalized spacial score (nSPS) is 11.2. The largest absolute Gasteiger partial charge is 0.157 e. The average Bonchev–Trinajstić information content (AvgIpc) is 2.57. The number of thioether (sulfide) groups is 1. The lowest BCUT2D eigenvalue weighted by molar-refractivity contribution is 0.534. The molecule has 0 aromatic heterocycles. The van der Waals surface area contributed by atoms with E-state index in [0.29, 0.717) is 0 Å². The fourth-order valence-electron chi connectivity index (χ4n) is 2.92. The molecule has 0 saturated carbocycles. The Labute approximate surface area is 153 Å². The van der Waals surface area contributed by atoms with E-state index in [2.05, 4.69) is 19.6 Å². The van der Waals surface area contributed by atoms with E-state index in [1.807, 2.05) is 11.8 Å². The lowest BCUT2D eigenvalue weighted by Gasteiger charge is -2.03. The predicted molar refractivity (Wildman–Crippen MR) is 111 cm³/mol. The summed E-state index contributed by atoms with van der Waals surface area (Å²) in [5.41, 5.74) is 0. The van der Waals surface area contributed by atoms with Crippen LogP contribution in [0.15, 0.2) is 0 Å². The van der Waals surface area contributed by atoms with E-state index >= 15 is 0 Å². The van der Waals surface area contributed by atoms with Crippen LogP contribution in [0.4, 0.5) is 0 Å². The second kappa shape index (κ2) is 22.4. The van der Waals surface area contributed by atoms with Gasteiger partial charge in [-0.15, -0.1) is 0 Å². The van der Waals surface area contributed by atoms with E-state index in [1.165, 1.54) is 115 Å². The fraction of sp³-hybridized carbons (Fsp3) is 0.909. The van der Waals surface area contributed by atoms with E-state index in [1.54, 1.807) is 0 Å². The maximum atomic E-state index is 3.90. The van der Waals surface area contributed by atoms with Gasteiger partial charge in [-0.25, -0.2) is 0 Å². The second-order valence-corrected chi connectivity index (χ2v) is 8.06. The molecular weight excluding hydrogens is 296 g/mol. The molecule has 0 unspecified atom stereocenters. The minimum atomic E-state index is 1.12. The van der Waals surface area contributed by atoms with Crippen LogP contribution in [0.1, 0.15) is 122 Å². The van der Waals surface area contributed by atoms with Gasteiger partial charge in [-0.1, -0.05) is 117 Å². The molecule has 1 heteroatoms. The Morgan fingerprint density at radius 3 is 1.48 bits per heavy atom. The van der Waals surface area contributed by atoms with Gasteiger partial charge < -0.3 is 0 Å². The summed E-state index contributed by atoms with van der Waals surface area (Å²) in [7, 11) is 0. The van der Waals surface area contributed by atoms with Crippen molar-refractivity contribution in [3.8, 4) is 0 Å². The van der Waals surface area contributed by atoms with E-state index in [9.17, 15) is 0 Å². The van der Waals surface area contributed by atoms with Gasteiger partial charge in [-0.3, -0.25) is 0 Å². The van der Waals surface area contributed by atoms with Crippen molar-refractivity contribution in [2.45, 2.75) is 122 Å². The minimum absolute atomic E-state index is 1.12. The fourth-order valence-corrected chi connectivity index (χ4v) is 3.88. The van der Waals surface area contributed by atoms with Crippen molar-refractivity contribution >= 4 is 11.8 Å². The van der Waals surface area contributed by atoms with Crippen molar-refractivity contribution in [3.05, 3.63) is 12.7 Å². The number of hydrogen-bond acceptors (Lipinski definition) is 1. The zero-order valence-corrected chi connectivity index (χ0v) is 16.9. The second-order valence-electron chi connectivity index (χ2n) is 6.98.